The number of hydrogen-bond donors (Lipinski definition) is 2. The standard InChI is InChI=1S/C24H28N4O5S/c1-2-3-10-19(25-22-18-9-5-7-12-21(18)34(32,33)26-22)24(31)28-15-13-27(14-16-28)23(30)17-8-4-6-11-20(17)29/h4-9,11-12,19,29H,2-3,10,13-16H2,1H3,(H,25,26). The summed E-state index contributed by atoms with van der Waals surface area (Å²) in [7, 11) is -3.69. The number of phenols is 1. The summed E-state index contributed by atoms with van der Waals surface area (Å²) in [5.74, 6) is -0.330. The molecule has 1 atom stereocenters. The summed E-state index contributed by atoms with van der Waals surface area (Å²) in [6.07, 6.45) is 2.15. The van der Waals surface area contributed by atoms with Crippen molar-refractivity contribution in [2.45, 2.75) is 37.1 Å². The Bertz CT molecular complexity index is 1220. The summed E-state index contributed by atoms with van der Waals surface area (Å²) >= 11 is 0. The molecule has 180 valence electrons. The number of carbonyl (C=O) groups excluding carboxylic acids is 2. The molecular formula is C24H28N4O5S. The largest absolute Gasteiger partial charge is 0.507 e. The summed E-state index contributed by atoms with van der Waals surface area (Å²) in [4.78, 5) is 34.1. The van der Waals surface area contributed by atoms with Crippen LogP contribution in [0.4, 0.5) is 0 Å². The van der Waals surface area contributed by atoms with Crippen molar-refractivity contribution in [3.63, 3.8) is 0 Å². The van der Waals surface area contributed by atoms with Crippen molar-refractivity contribution in [1.29, 1.82) is 0 Å². The predicted molar refractivity (Wildman–Crippen MR) is 127 cm³/mol. The maximum atomic E-state index is 13.4. The number of rotatable bonds is 6. The number of benzene rings is 2. The molecule has 2 aromatic carbocycles. The minimum Gasteiger partial charge on any atom is -0.507 e. The summed E-state index contributed by atoms with van der Waals surface area (Å²) < 4.78 is 27.3. The lowest BCUT2D eigenvalue weighted by Crippen LogP contribution is -2.52. The van der Waals surface area contributed by atoms with Crippen LogP contribution in [-0.4, -0.2) is 73.2 Å². The van der Waals surface area contributed by atoms with E-state index in [0.717, 1.165) is 12.8 Å². The maximum absolute atomic E-state index is 13.4. The van der Waals surface area contributed by atoms with Crippen molar-refractivity contribution in [1.82, 2.24) is 14.5 Å². The molecule has 1 fully saturated rings. The Morgan fingerprint density at radius 3 is 2.38 bits per heavy atom. The highest BCUT2D eigenvalue weighted by Gasteiger charge is 2.34. The molecule has 2 N–H and O–H groups in total. The fourth-order valence-electron chi connectivity index (χ4n) is 4.19. The van der Waals surface area contributed by atoms with Gasteiger partial charge in [0.15, 0.2) is 0 Å². The molecule has 34 heavy (non-hydrogen) atoms. The summed E-state index contributed by atoms with van der Waals surface area (Å²) in [5, 5.41) is 9.97. The Labute approximate surface area is 199 Å². The van der Waals surface area contributed by atoms with Crippen LogP contribution in [0.25, 0.3) is 0 Å². The first-order valence-electron chi connectivity index (χ1n) is 11.4. The van der Waals surface area contributed by atoms with Crippen LogP contribution < -0.4 is 4.72 Å². The van der Waals surface area contributed by atoms with E-state index in [0.29, 0.717) is 38.2 Å². The molecule has 4 rings (SSSR count). The first-order valence-corrected chi connectivity index (χ1v) is 12.9. The molecule has 2 aliphatic heterocycles. The Morgan fingerprint density at radius 1 is 1.03 bits per heavy atom. The number of unbranched alkanes of at least 4 members (excludes halogenated alkanes) is 1. The number of carbonyl (C=O) groups is 2. The predicted octanol–water partition coefficient (Wildman–Crippen LogP) is 1.97. The van der Waals surface area contributed by atoms with Crippen LogP contribution in [0.1, 0.15) is 42.1 Å². The second-order valence-electron chi connectivity index (χ2n) is 8.37. The molecule has 0 aromatic heterocycles. The lowest BCUT2D eigenvalue weighted by molar-refractivity contribution is -0.134. The maximum Gasteiger partial charge on any atom is 0.263 e. The van der Waals surface area contributed by atoms with Crippen molar-refractivity contribution in [3.8, 4) is 5.75 Å². The number of nitrogens with one attached hydrogen (secondary N) is 1. The molecule has 2 aromatic rings. The summed E-state index contributed by atoms with van der Waals surface area (Å²) in [5.41, 5.74) is 0.705. The van der Waals surface area contributed by atoms with E-state index < -0.39 is 16.1 Å². The van der Waals surface area contributed by atoms with E-state index in [1.165, 1.54) is 12.1 Å². The van der Waals surface area contributed by atoms with Crippen LogP contribution >= 0.6 is 0 Å². The monoisotopic (exact) mass is 484 g/mol. The van der Waals surface area contributed by atoms with Gasteiger partial charge in [-0.2, -0.15) is 0 Å². The smallest absolute Gasteiger partial charge is 0.263 e. The number of fused-ring (bicyclic) bond motifs is 1. The first-order chi connectivity index (χ1) is 16.3. The highest BCUT2D eigenvalue weighted by Crippen LogP contribution is 2.24. The fourth-order valence-corrected chi connectivity index (χ4v) is 5.43. The van der Waals surface area contributed by atoms with E-state index in [4.69, 9.17) is 0 Å². The topological polar surface area (TPSA) is 119 Å². The van der Waals surface area contributed by atoms with Crippen molar-refractivity contribution in [2.75, 3.05) is 26.2 Å². The Balaban J connectivity index is 1.49. The molecule has 1 unspecified atom stereocenters. The number of aromatic hydroxyl groups is 1. The van der Waals surface area contributed by atoms with E-state index >= 15 is 0 Å². The fraction of sp³-hybridized carbons (Fsp3) is 0.375. The average Bonchev–Trinajstić information content (AvgIpc) is 3.11. The molecule has 0 spiro atoms. The molecule has 2 amide bonds. The van der Waals surface area contributed by atoms with E-state index in [2.05, 4.69) is 9.71 Å². The Hall–Kier alpha value is -3.40. The van der Waals surface area contributed by atoms with Crippen LogP contribution in [0, 0.1) is 0 Å². The Kier molecular flexibility index (Phi) is 6.87. The molecular weight excluding hydrogens is 456 g/mol. The number of nitrogens with zero attached hydrogens (tertiary/aromatic N) is 3. The number of amidine groups is 1. The number of amides is 2. The number of piperazine rings is 1. The lowest BCUT2D eigenvalue weighted by Gasteiger charge is -2.36. The molecule has 0 radical (unpaired) electrons. The van der Waals surface area contributed by atoms with Gasteiger partial charge < -0.3 is 14.9 Å². The van der Waals surface area contributed by atoms with Crippen LogP contribution in [0.3, 0.4) is 0 Å². The van der Waals surface area contributed by atoms with Gasteiger partial charge in [-0.25, -0.2) is 8.42 Å². The SMILES string of the molecule is CCCCC(N=C1NS(=O)(=O)c2ccccc21)C(=O)N1CCN(C(=O)c2ccccc2O)CC1. The number of sulfonamides is 1. The van der Waals surface area contributed by atoms with Gasteiger partial charge in [0.1, 0.15) is 17.6 Å². The third-order valence-electron chi connectivity index (χ3n) is 6.08. The first kappa shape index (κ1) is 23.7. The van der Waals surface area contributed by atoms with Crippen molar-refractivity contribution in [2.24, 2.45) is 4.99 Å². The molecule has 9 nitrogen and oxygen atoms in total. The van der Waals surface area contributed by atoms with E-state index in [1.54, 1.807) is 46.2 Å². The summed E-state index contributed by atoms with van der Waals surface area (Å²) in [6.45, 7) is 3.38. The van der Waals surface area contributed by atoms with Gasteiger partial charge in [0.05, 0.1) is 10.5 Å². The van der Waals surface area contributed by atoms with E-state index in [-0.39, 0.29) is 33.9 Å². The third-order valence-corrected chi connectivity index (χ3v) is 7.47. The van der Waals surface area contributed by atoms with Gasteiger partial charge in [-0.3, -0.25) is 19.3 Å². The zero-order valence-electron chi connectivity index (χ0n) is 19.0. The zero-order chi connectivity index (χ0) is 24.3. The van der Waals surface area contributed by atoms with E-state index in [9.17, 15) is 23.1 Å². The van der Waals surface area contributed by atoms with Gasteiger partial charge in [-0.1, -0.05) is 44.0 Å². The zero-order valence-corrected chi connectivity index (χ0v) is 19.8. The second-order valence-corrected chi connectivity index (χ2v) is 10.0. The van der Waals surface area contributed by atoms with Crippen LogP contribution in [0.2, 0.25) is 0 Å². The lowest BCUT2D eigenvalue weighted by atomic mass is 10.1. The molecule has 2 heterocycles. The quantitative estimate of drug-likeness (QED) is 0.650. The third kappa shape index (κ3) is 4.77. The minimum absolute atomic E-state index is 0.0687. The molecule has 2 aliphatic rings. The normalized spacial score (nSPS) is 18.9. The van der Waals surface area contributed by atoms with Gasteiger partial charge in [-0.15, -0.1) is 0 Å². The van der Waals surface area contributed by atoms with Gasteiger partial charge in [0.2, 0.25) is 5.91 Å². The van der Waals surface area contributed by atoms with E-state index in [1.807, 2.05) is 6.92 Å². The van der Waals surface area contributed by atoms with Crippen LogP contribution in [0.15, 0.2) is 58.4 Å². The highest BCUT2D eigenvalue weighted by atomic mass is 32.2. The van der Waals surface area contributed by atoms with Gasteiger partial charge in [0, 0.05) is 31.7 Å². The van der Waals surface area contributed by atoms with Gasteiger partial charge in [-0.05, 0) is 30.7 Å². The minimum atomic E-state index is -3.69. The number of hydrogen-bond acceptors (Lipinski definition) is 6. The summed E-state index contributed by atoms with van der Waals surface area (Å²) in [6, 6.07) is 12.3. The Morgan fingerprint density at radius 2 is 1.68 bits per heavy atom. The van der Waals surface area contributed by atoms with Crippen molar-refractivity contribution >= 4 is 27.7 Å². The number of aliphatic imine (C=N–C) groups is 1. The van der Waals surface area contributed by atoms with Crippen LogP contribution in [-0.2, 0) is 14.8 Å². The molecule has 0 saturated carbocycles. The molecule has 1 saturated heterocycles. The van der Waals surface area contributed by atoms with Crippen molar-refractivity contribution < 1.29 is 23.1 Å². The van der Waals surface area contributed by atoms with Gasteiger partial charge >= 0.3 is 0 Å². The van der Waals surface area contributed by atoms with Gasteiger partial charge in [0.25, 0.3) is 15.9 Å². The second kappa shape index (κ2) is 9.84. The molecule has 0 aliphatic carbocycles. The van der Waals surface area contributed by atoms with Crippen molar-refractivity contribution in [3.05, 3.63) is 59.7 Å². The highest BCUT2D eigenvalue weighted by molar-refractivity contribution is 7.90. The number of phenolic OH excluding ortho intramolecular Hbond substituents is 1. The van der Waals surface area contributed by atoms with Crippen LogP contribution in [0.5, 0.6) is 5.75 Å². The average molecular weight is 485 g/mol. The molecule has 10 heteroatoms. The molecule has 0 bridgehead atoms. The number of para-hydroxylation sites is 1.